The SMILES string of the molecule is COc1c(C(C)(C)C)cc2c(c1-c1cc(C)cc(C)c1)C=C(C)[CH]2[Zr+2]([C]1=C(C)C=C2C1=CC1=C(CCC1)C2c1cc(C)cc(C)c1)=[Si](C)C.[Cl-].[Cl-]. The summed E-state index contributed by atoms with van der Waals surface area (Å²) >= 11 is -2.37. The van der Waals surface area contributed by atoms with E-state index >= 15 is 0 Å². The molecule has 0 radical (unpaired) electrons. The Morgan fingerprint density at radius 1 is 0.765 bits per heavy atom. The molecule has 0 amide bonds. The number of allylic oxidation sites excluding steroid dienone is 9. The molecule has 0 aliphatic heterocycles. The molecule has 3 aromatic carbocycles. The second-order valence-corrected chi connectivity index (χ2v) is 33.9. The van der Waals surface area contributed by atoms with Crippen molar-refractivity contribution in [3.05, 3.63) is 136 Å². The zero-order valence-electron chi connectivity index (χ0n) is 32.7. The van der Waals surface area contributed by atoms with Gasteiger partial charge in [-0.2, -0.15) is 0 Å². The van der Waals surface area contributed by atoms with E-state index in [9.17, 15) is 0 Å². The zero-order chi connectivity index (χ0) is 35.1. The first kappa shape index (κ1) is 40.0. The minimum atomic E-state index is -2.37. The number of hydrogen-bond donors (Lipinski definition) is 0. The number of ether oxygens (including phenoxy) is 1. The van der Waals surface area contributed by atoms with Gasteiger partial charge >= 0.3 is 306 Å². The summed E-state index contributed by atoms with van der Waals surface area (Å²) in [5, 5.41) is 0. The maximum Gasteiger partial charge on any atom is -1.00 e. The third-order valence-electron chi connectivity index (χ3n) is 11.3. The van der Waals surface area contributed by atoms with Crippen LogP contribution in [0.25, 0.3) is 17.2 Å². The molecule has 266 valence electrons. The topological polar surface area (TPSA) is 9.23 Å². The molecule has 51 heavy (non-hydrogen) atoms. The molecule has 4 aliphatic carbocycles. The van der Waals surface area contributed by atoms with Crippen LogP contribution in [0.4, 0.5) is 0 Å². The predicted octanol–water partition coefficient (Wildman–Crippen LogP) is 6.65. The fourth-order valence-corrected chi connectivity index (χ4v) is 28.7. The van der Waals surface area contributed by atoms with Gasteiger partial charge in [0.2, 0.25) is 0 Å². The summed E-state index contributed by atoms with van der Waals surface area (Å²) in [4.78, 5) is 0. The monoisotopic (exact) mass is 810 g/mol. The van der Waals surface area contributed by atoms with Crippen LogP contribution >= 0.6 is 0 Å². The van der Waals surface area contributed by atoms with Crippen LogP contribution in [0.15, 0.2) is 91.3 Å². The van der Waals surface area contributed by atoms with E-state index in [1.807, 2.05) is 10.4 Å². The Morgan fingerprint density at radius 3 is 1.94 bits per heavy atom. The van der Waals surface area contributed by atoms with Gasteiger partial charge in [0.25, 0.3) is 0 Å². The van der Waals surface area contributed by atoms with E-state index in [0.717, 1.165) is 5.75 Å². The van der Waals surface area contributed by atoms with Gasteiger partial charge in [0, 0.05) is 0 Å². The van der Waals surface area contributed by atoms with E-state index in [1.165, 1.54) is 69.3 Å². The van der Waals surface area contributed by atoms with Crippen LogP contribution < -0.4 is 29.6 Å². The molecule has 5 heteroatoms. The Balaban J connectivity index is 0.00000252. The molecular weight excluding hydrogens is 759 g/mol. The summed E-state index contributed by atoms with van der Waals surface area (Å²) in [5.41, 5.74) is 22.9. The molecule has 0 saturated heterocycles. The minimum absolute atomic E-state index is 0. The van der Waals surface area contributed by atoms with Crippen LogP contribution in [-0.4, -0.2) is 12.5 Å². The third kappa shape index (κ3) is 7.00. The van der Waals surface area contributed by atoms with Crippen LogP contribution in [0.1, 0.15) is 108 Å². The van der Waals surface area contributed by atoms with Crippen molar-refractivity contribution in [2.45, 2.75) is 110 Å². The Morgan fingerprint density at radius 2 is 1.37 bits per heavy atom. The van der Waals surface area contributed by atoms with Crippen molar-refractivity contribution in [1.29, 1.82) is 0 Å². The van der Waals surface area contributed by atoms with Gasteiger partial charge in [-0.1, -0.05) is 0 Å². The van der Waals surface area contributed by atoms with E-state index < -0.39 is 25.8 Å². The first-order valence-electron chi connectivity index (χ1n) is 18.3. The first-order valence-corrected chi connectivity index (χ1v) is 27.2. The second kappa shape index (κ2) is 14.9. The summed E-state index contributed by atoms with van der Waals surface area (Å²) < 4.78 is 8.75. The number of methoxy groups -OCH3 is 1. The molecule has 7 rings (SSSR count). The van der Waals surface area contributed by atoms with Gasteiger partial charge in [0.1, 0.15) is 0 Å². The molecule has 0 saturated carbocycles. The minimum Gasteiger partial charge on any atom is -1.00 e. The normalized spacial score (nSPS) is 18.8. The van der Waals surface area contributed by atoms with Crippen molar-refractivity contribution in [3.8, 4) is 16.9 Å². The molecule has 4 aliphatic rings. The van der Waals surface area contributed by atoms with Crippen LogP contribution in [0, 0.1) is 27.7 Å². The van der Waals surface area contributed by atoms with E-state index in [-0.39, 0.29) is 30.2 Å². The number of rotatable bonds is 5. The molecule has 2 unspecified atom stereocenters. The molecule has 1 nitrogen and oxygen atoms in total. The summed E-state index contributed by atoms with van der Waals surface area (Å²) in [6.07, 6.45) is 11.7. The number of benzene rings is 3. The molecule has 0 spiro atoms. The van der Waals surface area contributed by atoms with Crippen molar-refractivity contribution < 1.29 is 49.9 Å². The quantitative estimate of drug-likeness (QED) is 0.263. The third-order valence-corrected chi connectivity index (χ3v) is 29.8. The van der Waals surface area contributed by atoms with E-state index in [2.05, 4.69) is 136 Å². The zero-order valence-corrected chi connectivity index (χ0v) is 37.7. The number of aryl methyl sites for hydroxylation is 4. The van der Waals surface area contributed by atoms with Gasteiger partial charge in [-0.05, 0) is 0 Å². The largest absolute Gasteiger partial charge is 1.00 e. The molecular formula is C46H54Cl2OSiZr. The fraction of sp³-hybridized carbons (Fsp3) is 0.391. The van der Waals surface area contributed by atoms with E-state index in [0.29, 0.717) is 9.54 Å². The molecule has 0 bridgehead atoms. The second-order valence-electron chi connectivity index (χ2n) is 16.7. The van der Waals surface area contributed by atoms with Gasteiger partial charge < -0.3 is 24.8 Å². The summed E-state index contributed by atoms with van der Waals surface area (Å²) in [6.45, 7) is 26.3. The van der Waals surface area contributed by atoms with Crippen molar-refractivity contribution in [1.82, 2.24) is 0 Å². The standard InChI is InChI=1S/C23H27O.C21H21.C2H6Si.2ClH.Zr/c1-14-8-15(2)11-18(10-14)21-19-12-16(3)9-17(19)13-20(22(21)24-7)23(4,5)6;1-13-7-14(2)10-18(9-13)21-19-6-4-5-16(19)12-17-8-15(3)11-20(17)21;1-3-2;;;/h8-13H,1-7H3;7,9-12,21H,4-6H2,1-3H3;1-2H3;2*1H;/q;;;;;+2/p-2. The van der Waals surface area contributed by atoms with Crippen molar-refractivity contribution in [2.24, 2.45) is 0 Å². The summed E-state index contributed by atoms with van der Waals surface area (Å²) in [6, 6.07) is 16.9. The Hall–Kier alpha value is -2.16. The maximum absolute atomic E-state index is 6.40. The van der Waals surface area contributed by atoms with E-state index in [1.54, 1.807) is 39.0 Å². The first-order chi connectivity index (χ1) is 23.2. The van der Waals surface area contributed by atoms with Gasteiger partial charge in [0.05, 0.1) is 0 Å². The fourth-order valence-electron chi connectivity index (χ4n) is 9.59. The number of fused-ring (bicyclic) bond motifs is 2. The van der Waals surface area contributed by atoms with Crippen LogP contribution in [0.2, 0.25) is 13.1 Å². The molecule has 0 fully saturated rings. The van der Waals surface area contributed by atoms with Gasteiger partial charge in [-0.25, -0.2) is 0 Å². The molecule has 0 N–H and O–H groups in total. The summed E-state index contributed by atoms with van der Waals surface area (Å²) in [7, 11) is 1.88. The smallest absolute Gasteiger partial charge is 1.00 e. The van der Waals surface area contributed by atoms with Gasteiger partial charge in [-0.15, -0.1) is 0 Å². The van der Waals surface area contributed by atoms with Crippen molar-refractivity contribution in [3.63, 3.8) is 0 Å². The van der Waals surface area contributed by atoms with Crippen LogP contribution in [0.5, 0.6) is 5.75 Å². The molecule has 0 heterocycles. The molecule has 0 aromatic heterocycles. The average molecular weight is 813 g/mol. The Bertz CT molecular complexity index is 2110. The average Bonchev–Trinajstić information content (AvgIpc) is 3.68. The Labute approximate surface area is 328 Å². The van der Waals surface area contributed by atoms with Crippen molar-refractivity contribution in [2.75, 3.05) is 7.11 Å². The van der Waals surface area contributed by atoms with Gasteiger partial charge in [0.15, 0.2) is 0 Å². The number of hydrogen-bond acceptors (Lipinski definition) is 1. The predicted molar refractivity (Wildman–Crippen MR) is 209 cm³/mol. The van der Waals surface area contributed by atoms with Crippen molar-refractivity contribution >= 4 is 11.5 Å². The molecule has 3 aromatic rings. The van der Waals surface area contributed by atoms with Crippen LogP contribution in [-0.2, 0) is 25.8 Å². The summed E-state index contributed by atoms with van der Waals surface area (Å²) in [5.74, 6) is 1.45. The van der Waals surface area contributed by atoms with E-state index in [4.69, 9.17) is 4.74 Å². The Kier molecular flexibility index (Phi) is 11.7. The number of halogens is 2. The van der Waals surface area contributed by atoms with Gasteiger partial charge in [-0.3, -0.25) is 0 Å². The van der Waals surface area contributed by atoms with Crippen LogP contribution in [0.3, 0.4) is 0 Å². The maximum atomic E-state index is 6.40. The molecule has 2 atom stereocenters.